The fraction of sp³-hybridized carbons (Fsp3) is 0.450. The highest BCUT2D eigenvalue weighted by Gasteiger charge is 2.16. The van der Waals surface area contributed by atoms with E-state index in [-0.39, 0.29) is 24.0 Å². The molecule has 27 heavy (non-hydrogen) atoms. The molecule has 1 saturated heterocycles. The van der Waals surface area contributed by atoms with Crippen molar-refractivity contribution in [3.63, 3.8) is 0 Å². The van der Waals surface area contributed by atoms with Crippen LogP contribution in [0.1, 0.15) is 22.9 Å². The number of morpholine rings is 1. The van der Waals surface area contributed by atoms with Crippen LogP contribution in [0.25, 0.3) is 0 Å². The highest BCUT2D eigenvalue weighted by molar-refractivity contribution is 14.0. The van der Waals surface area contributed by atoms with E-state index in [2.05, 4.69) is 63.9 Å². The molecule has 0 spiro atoms. The van der Waals surface area contributed by atoms with Crippen LogP contribution in [0.2, 0.25) is 0 Å². The number of nitrogens with two attached hydrogens (primary N) is 1. The standard InChI is InChI=1S/C20H28N4OS.HI/c1-16-14-24(9-10-25-16)15-18-5-2-4-17(12-18)13-23-20(21)22-8-7-19-6-3-11-26-19;/h2-6,11-12,16H,7-10,13-15H2,1H3,(H3,21,22,23);1H. The fourth-order valence-corrected chi connectivity index (χ4v) is 3.83. The number of hydrogen-bond acceptors (Lipinski definition) is 4. The fourth-order valence-electron chi connectivity index (χ4n) is 3.12. The van der Waals surface area contributed by atoms with Crippen LogP contribution in [-0.2, 0) is 24.2 Å². The molecule has 0 amide bonds. The van der Waals surface area contributed by atoms with Crippen LogP contribution in [0.5, 0.6) is 0 Å². The van der Waals surface area contributed by atoms with Crippen LogP contribution in [0.3, 0.4) is 0 Å². The second-order valence-electron chi connectivity index (χ2n) is 6.69. The number of benzene rings is 1. The average Bonchev–Trinajstić information content (AvgIpc) is 3.14. The predicted octanol–water partition coefficient (Wildman–Crippen LogP) is 3.23. The lowest BCUT2D eigenvalue weighted by atomic mass is 10.1. The van der Waals surface area contributed by atoms with Crippen molar-refractivity contribution in [3.05, 3.63) is 57.8 Å². The number of ether oxygens (including phenoxy) is 1. The van der Waals surface area contributed by atoms with Crippen LogP contribution >= 0.6 is 35.3 Å². The van der Waals surface area contributed by atoms with Crippen LogP contribution in [0.15, 0.2) is 46.8 Å². The summed E-state index contributed by atoms with van der Waals surface area (Å²) in [4.78, 5) is 8.26. The predicted molar refractivity (Wildman–Crippen MR) is 124 cm³/mol. The number of nitrogens with zero attached hydrogens (tertiary/aromatic N) is 2. The molecule has 2 aromatic rings. The Kier molecular flexibility index (Phi) is 9.53. The van der Waals surface area contributed by atoms with Gasteiger partial charge in [-0.1, -0.05) is 30.3 Å². The summed E-state index contributed by atoms with van der Waals surface area (Å²) in [5.41, 5.74) is 8.49. The number of guanidine groups is 1. The van der Waals surface area contributed by atoms with E-state index in [0.717, 1.165) is 39.2 Å². The second kappa shape index (κ2) is 11.6. The zero-order valence-corrected chi connectivity index (χ0v) is 18.9. The lowest BCUT2D eigenvalue weighted by molar-refractivity contribution is -0.0212. The quantitative estimate of drug-likeness (QED) is 0.348. The van der Waals surface area contributed by atoms with Crippen molar-refractivity contribution in [2.75, 3.05) is 26.2 Å². The van der Waals surface area contributed by atoms with Gasteiger partial charge in [-0.15, -0.1) is 35.3 Å². The van der Waals surface area contributed by atoms with Crippen LogP contribution < -0.4 is 11.1 Å². The van der Waals surface area contributed by atoms with Crippen molar-refractivity contribution < 1.29 is 4.74 Å². The molecular weight excluding hydrogens is 471 g/mol. The molecule has 1 unspecified atom stereocenters. The minimum atomic E-state index is 0. The Morgan fingerprint density at radius 1 is 1.33 bits per heavy atom. The maximum Gasteiger partial charge on any atom is 0.188 e. The van der Waals surface area contributed by atoms with Crippen molar-refractivity contribution in [3.8, 4) is 0 Å². The minimum absolute atomic E-state index is 0. The molecule has 0 aliphatic carbocycles. The van der Waals surface area contributed by atoms with Gasteiger partial charge < -0.3 is 15.8 Å². The van der Waals surface area contributed by atoms with Gasteiger partial charge in [-0.3, -0.25) is 4.90 Å². The zero-order chi connectivity index (χ0) is 18.2. The summed E-state index contributed by atoms with van der Waals surface area (Å²) in [6, 6.07) is 12.8. The maximum atomic E-state index is 5.98. The van der Waals surface area contributed by atoms with Crippen molar-refractivity contribution in [1.82, 2.24) is 10.2 Å². The van der Waals surface area contributed by atoms with Gasteiger partial charge in [-0.25, -0.2) is 4.99 Å². The smallest absolute Gasteiger partial charge is 0.188 e. The zero-order valence-electron chi connectivity index (χ0n) is 15.8. The van der Waals surface area contributed by atoms with Gasteiger partial charge in [0.2, 0.25) is 0 Å². The second-order valence-corrected chi connectivity index (χ2v) is 7.73. The van der Waals surface area contributed by atoms with Crippen molar-refractivity contribution in [2.24, 2.45) is 10.7 Å². The molecule has 3 N–H and O–H groups in total. The van der Waals surface area contributed by atoms with Crippen LogP contribution in [0.4, 0.5) is 0 Å². The third kappa shape index (κ3) is 7.77. The topological polar surface area (TPSA) is 62.9 Å². The van der Waals surface area contributed by atoms with Gasteiger partial charge in [0.25, 0.3) is 0 Å². The SMILES string of the molecule is CC1CN(Cc2cccc(CN=C(N)NCCc3cccs3)c2)CCO1.I. The van der Waals surface area contributed by atoms with Gasteiger partial charge in [-0.2, -0.15) is 0 Å². The van der Waals surface area contributed by atoms with Gasteiger partial charge in [0.15, 0.2) is 5.96 Å². The Bertz CT molecular complexity index is 708. The number of rotatable bonds is 7. The van der Waals surface area contributed by atoms with E-state index >= 15 is 0 Å². The van der Waals surface area contributed by atoms with E-state index in [1.807, 2.05) is 0 Å². The largest absolute Gasteiger partial charge is 0.376 e. The van der Waals surface area contributed by atoms with Gasteiger partial charge in [0, 0.05) is 31.1 Å². The number of thiophene rings is 1. The Morgan fingerprint density at radius 2 is 2.19 bits per heavy atom. The molecule has 1 atom stereocenters. The molecule has 0 saturated carbocycles. The highest BCUT2D eigenvalue weighted by atomic mass is 127. The van der Waals surface area contributed by atoms with Gasteiger partial charge in [0.05, 0.1) is 19.3 Å². The van der Waals surface area contributed by atoms with E-state index in [0.29, 0.717) is 18.6 Å². The first-order chi connectivity index (χ1) is 12.7. The van der Waals surface area contributed by atoms with E-state index in [1.165, 1.54) is 16.0 Å². The molecule has 7 heteroatoms. The molecule has 1 aliphatic heterocycles. The Hall–Kier alpha value is -1.16. The molecule has 5 nitrogen and oxygen atoms in total. The third-order valence-corrected chi connectivity index (χ3v) is 5.35. The van der Waals surface area contributed by atoms with E-state index in [9.17, 15) is 0 Å². The van der Waals surface area contributed by atoms with Crippen LogP contribution in [0, 0.1) is 0 Å². The first-order valence-corrected chi connectivity index (χ1v) is 10.0. The Balaban J connectivity index is 0.00000261. The van der Waals surface area contributed by atoms with Crippen molar-refractivity contribution >= 4 is 41.3 Å². The molecule has 2 heterocycles. The monoisotopic (exact) mass is 500 g/mol. The molecular formula is C20H29IN4OS. The molecule has 0 bridgehead atoms. The first-order valence-electron chi connectivity index (χ1n) is 9.17. The van der Waals surface area contributed by atoms with Gasteiger partial charge >= 0.3 is 0 Å². The summed E-state index contributed by atoms with van der Waals surface area (Å²) in [6.07, 6.45) is 1.29. The Morgan fingerprint density at radius 3 is 2.96 bits per heavy atom. The molecule has 1 aliphatic rings. The van der Waals surface area contributed by atoms with E-state index < -0.39 is 0 Å². The summed E-state index contributed by atoms with van der Waals surface area (Å²) in [7, 11) is 0. The lowest BCUT2D eigenvalue weighted by Crippen LogP contribution is -2.40. The molecule has 3 rings (SSSR count). The average molecular weight is 500 g/mol. The number of hydrogen-bond donors (Lipinski definition) is 2. The van der Waals surface area contributed by atoms with Crippen molar-refractivity contribution in [1.29, 1.82) is 0 Å². The lowest BCUT2D eigenvalue weighted by Gasteiger charge is -2.31. The maximum absolute atomic E-state index is 5.98. The highest BCUT2D eigenvalue weighted by Crippen LogP contribution is 2.13. The summed E-state index contributed by atoms with van der Waals surface area (Å²) >= 11 is 1.77. The Labute approximate surface area is 183 Å². The van der Waals surface area contributed by atoms with Crippen molar-refractivity contribution in [2.45, 2.75) is 32.5 Å². The summed E-state index contributed by atoms with van der Waals surface area (Å²) < 4.78 is 5.61. The summed E-state index contributed by atoms with van der Waals surface area (Å²) in [5, 5.41) is 5.28. The number of nitrogens with one attached hydrogen (secondary N) is 1. The van der Waals surface area contributed by atoms with Crippen LogP contribution in [-0.4, -0.2) is 43.2 Å². The number of halogens is 1. The van der Waals surface area contributed by atoms with Gasteiger partial charge in [-0.05, 0) is 35.9 Å². The van der Waals surface area contributed by atoms with E-state index in [4.69, 9.17) is 10.5 Å². The molecule has 148 valence electrons. The molecule has 0 radical (unpaired) electrons. The first kappa shape index (κ1) is 22.1. The minimum Gasteiger partial charge on any atom is -0.376 e. The number of aliphatic imine (C=N–C) groups is 1. The normalized spacial score (nSPS) is 18.1. The third-order valence-electron chi connectivity index (χ3n) is 4.41. The summed E-state index contributed by atoms with van der Waals surface area (Å²) in [5.74, 6) is 0.508. The van der Waals surface area contributed by atoms with E-state index in [1.54, 1.807) is 11.3 Å². The molecule has 1 aromatic carbocycles. The van der Waals surface area contributed by atoms with Gasteiger partial charge in [0.1, 0.15) is 0 Å². The summed E-state index contributed by atoms with van der Waals surface area (Å²) in [6.45, 7) is 7.30. The molecule has 1 fully saturated rings. The molecule has 1 aromatic heterocycles.